The standard InChI is InChI=1S/C15H23NO2S/c1-5-16-15(4,14(17)18-6-2)11-19-13-9-7-12(3)8-10-13/h7-10,16H,5-6,11H2,1-4H3. The van der Waals surface area contributed by atoms with Gasteiger partial charge >= 0.3 is 5.97 Å². The Bertz CT molecular complexity index is 405. The highest BCUT2D eigenvalue weighted by atomic mass is 32.2. The second kappa shape index (κ2) is 7.56. The fraction of sp³-hybridized carbons (Fsp3) is 0.533. The minimum atomic E-state index is -0.639. The van der Waals surface area contributed by atoms with E-state index in [-0.39, 0.29) is 5.97 Å². The van der Waals surface area contributed by atoms with Gasteiger partial charge in [-0.25, -0.2) is 0 Å². The third-order valence-corrected chi connectivity index (χ3v) is 4.17. The van der Waals surface area contributed by atoms with Crippen LogP contribution in [0.2, 0.25) is 0 Å². The lowest BCUT2D eigenvalue weighted by atomic mass is 10.1. The summed E-state index contributed by atoms with van der Waals surface area (Å²) in [6.07, 6.45) is 0. The normalized spacial score (nSPS) is 13.9. The Morgan fingerprint density at radius 1 is 1.32 bits per heavy atom. The summed E-state index contributed by atoms with van der Waals surface area (Å²) in [5, 5.41) is 3.23. The molecule has 19 heavy (non-hydrogen) atoms. The van der Waals surface area contributed by atoms with Crippen LogP contribution >= 0.6 is 11.8 Å². The SMILES string of the molecule is CCNC(C)(CSc1ccc(C)cc1)C(=O)OCC. The summed E-state index contributed by atoms with van der Waals surface area (Å²) in [6.45, 7) is 8.94. The Hall–Kier alpha value is -1.00. The molecule has 0 bridgehead atoms. The molecule has 1 rings (SSSR count). The van der Waals surface area contributed by atoms with Gasteiger partial charge in [0.2, 0.25) is 0 Å². The zero-order valence-electron chi connectivity index (χ0n) is 12.2. The topological polar surface area (TPSA) is 38.3 Å². The summed E-state index contributed by atoms with van der Waals surface area (Å²) in [5.41, 5.74) is 0.601. The molecule has 1 aromatic rings. The van der Waals surface area contributed by atoms with E-state index in [4.69, 9.17) is 4.74 Å². The van der Waals surface area contributed by atoms with Crippen molar-refractivity contribution < 1.29 is 9.53 Å². The summed E-state index contributed by atoms with van der Waals surface area (Å²) < 4.78 is 5.15. The molecular weight excluding hydrogens is 258 g/mol. The molecule has 0 spiro atoms. The second-order valence-corrected chi connectivity index (χ2v) is 5.73. The molecule has 0 fully saturated rings. The van der Waals surface area contributed by atoms with Crippen LogP contribution in [0.3, 0.4) is 0 Å². The van der Waals surface area contributed by atoms with Crippen molar-refractivity contribution in [1.29, 1.82) is 0 Å². The first kappa shape index (κ1) is 16.1. The molecule has 1 unspecified atom stereocenters. The monoisotopic (exact) mass is 281 g/mol. The van der Waals surface area contributed by atoms with Gasteiger partial charge in [0.1, 0.15) is 5.54 Å². The van der Waals surface area contributed by atoms with Crippen LogP contribution in [0.4, 0.5) is 0 Å². The van der Waals surface area contributed by atoms with Crippen molar-refractivity contribution in [2.45, 2.75) is 38.1 Å². The molecule has 1 N–H and O–H groups in total. The van der Waals surface area contributed by atoms with Crippen LogP contribution in [0.25, 0.3) is 0 Å². The van der Waals surface area contributed by atoms with Gasteiger partial charge in [-0.3, -0.25) is 4.79 Å². The maximum atomic E-state index is 12.0. The van der Waals surface area contributed by atoms with E-state index in [1.54, 1.807) is 11.8 Å². The zero-order valence-corrected chi connectivity index (χ0v) is 13.0. The first-order valence-corrected chi connectivity index (χ1v) is 7.62. The molecule has 0 aliphatic rings. The van der Waals surface area contributed by atoms with E-state index in [1.165, 1.54) is 10.5 Å². The van der Waals surface area contributed by atoms with Gasteiger partial charge in [0.15, 0.2) is 0 Å². The number of carbonyl (C=O) groups is 1. The molecule has 0 aromatic heterocycles. The van der Waals surface area contributed by atoms with Gasteiger partial charge in [0.25, 0.3) is 0 Å². The van der Waals surface area contributed by atoms with E-state index in [9.17, 15) is 4.79 Å². The Morgan fingerprint density at radius 2 is 1.95 bits per heavy atom. The lowest BCUT2D eigenvalue weighted by Crippen LogP contribution is -2.52. The number of nitrogens with one attached hydrogen (secondary N) is 1. The predicted octanol–water partition coefficient (Wildman–Crippen LogP) is 3.02. The van der Waals surface area contributed by atoms with Crippen LogP contribution in [0.15, 0.2) is 29.2 Å². The number of carbonyl (C=O) groups excluding carboxylic acids is 1. The van der Waals surface area contributed by atoms with Gasteiger partial charge in [-0.15, -0.1) is 11.8 Å². The van der Waals surface area contributed by atoms with Gasteiger partial charge in [0, 0.05) is 10.6 Å². The maximum absolute atomic E-state index is 12.0. The average Bonchev–Trinajstić information content (AvgIpc) is 2.39. The third-order valence-electron chi connectivity index (χ3n) is 2.84. The first-order valence-electron chi connectivity index (χ1n) is 6.63. The van der Waals surface area contributed by atoms with Crippen molar-refractivity contribution in [3.05, 3.63) is 29.8 Å². The number of ether oxygens (including phenoxy) is 1. The molecule has 0 radical (unpaired) electrons. The van der Waals surface area contributed by atoms with E-state index in [0.717, 1.165) is 6.54 Å². The molecule has 0 amide bonds. The van der Waals surface area contributed by atoms with Gasteiger partial charge in [-0.2, -0.15) is 0 Å². The molecular formula is C15H23NO2S. The van der Waals surface area contributed by atoms with E-state index < -0.39 is 5.54 Å². The van der Waals surface area contributed by atoms with E-state index in [0.29, 0.717) is 12.4 Å². The molecule has 1 aromatic carbocycles. The van der Waals surface area contributed by atoms with Gasteiger partial charge < -0.3 is 10.1 Å². The highest BCUT2D eigenvalue weighted by molar-refractivity contribution is 7.99. The third kappa shape index (κ3) is 4.88. The van der Waals surface area contributed by atoms with Crippen LogP contribution < -0.4 is 5.32 Å². The van der Waals surface area contributed by atoms with Crippen molar-refractivity contribution in [2.75, 3.05) is 18.9 Å². The summed E-state index contributed by atoms with van der Waals surface area (Å²) >= 11 is 1.67. The number of hydrogen-bond acceptors (Lipinski definition) is 4. The molecule has 0 heterocycles. The highest BCUT2D eigenvalue weighted by Gasteiger charge is 2.33. The molecule has 0 saturated heterocycles. The van der Waals surface area contributed by atoms with Crippen LogP contribution in [0.5, 0.6) is 0 Å². The van der Waals surface area contributed by atoms with Crippen molar-refractivity contribution in [2.24, 2.45) is 0 Å². The summed E-state index contributed by atoms with van der Waals surface area (Å²) in [4.78, 5) is 13.2. The highest BCUT2D eigenvalue weighted by Crippen LogP contribution is 2.24. The van der Waals surface area contributed by atoms with Crippen LogP contribution in [-0.4, -0.2) is 30.4 Å². The number of benzene rings is 1. The number of hydrogen-bond donors (Lipinski definition) is 1. The maximum Gasteiger partial charge on any atom is 0.326 e. The smallest absolute Gasteiger partial charge is 0.326 e. The molecule has 106 valence electrons. The van der Waals surface area contributed by atoms with E-state index in [1.807, 2.05) is 20.8 Å². The molecule has 1 atom stereocenters. The fourth-order valence-electron chi connectivity index (χ4n) is 1.72. The number of aryl methyl sites for hydroxylation is 1. The first-order chi connectivity index (χ1) is 9.01. The summed E-state index contributed by atoms with van der Waals surface area (Å²) in [7, 11) is 0. The Labute approximate surface area is 120 Å². The summed E-state index contributed by atoms with van der Waals surface area (Å²) in [5.74, 6) is 0.472. The largest absolute Gasteiger partial charge is 0.465 e. The minimum Gasteiger partial charge on any atom is -0.465 e. The fourth-order valence-corrected chi connectivity index (χ4v) is 2.73. The molecule has 0 aliphatic heterocycles. The molecule has 3 nitrogen and oxygen atoms in total. The van der Waals surface area contributed by atoms with Crippen molar-refractivity contribution >= 4 is 17.7 Å². The minimum absolute atomic E-state index is 0.184. The van der Waals surface area contributed by atoms with Gasteiger partial charge in [0.05, 0.1) is 6.61 Å². The number of thioether (sulfide) groups is 1. The van der Waals surface area contributed by atoms with Gasteiger partial charge in [-0.1, -0.05) is 24.6 Å². The van der Waals surface area contributed by atoms with Gasteiger partial charge in [-0.05, 0) is 39.4 Å². The molecule has 0 aliphatic carbocycles. The second-order valence-electron chi connectivity index (χ2n) is 4.68. The quantitative estimate of drug-likeness (QED) is 0.616. The van der Waals surface area contributed by atoms with E-state index >= 15 is 0 Å². The van der Waals surface area contributed by atoms with Crippen molar-refractivity contribution in [3.63, 3.8) is 0 Å². The number of rotatable bonds is 7. The Balaban J connectivity index is 2.67. The molecule has 4 heteroatoms. The van der Waals surface area contributed by atoms with Crippen LogP contribution in [0.1, 0.15) is 26.3 Å². The van der Waals surface area contributed by atoms with Crippen molar-refractivity contribution in [3.8, 4) is 0 Å². The lowest BCUT2D eigenvalue weighted by Gasteiger charge is -2.27. The summed E-state index contributed by atoms with van der Waals surface area (Å²) in [6, 6.07) is 8.32. The predicted molar refractivity (Wildman–Crippen MR) is 80.6 cm³/mol. The average molecular weight is 281 g/mol. The van der Waals surface area contributed by atoms with E-state index in [2.05, 4.69) is 36.5 Å². The van der Waals surface area contributed by atoms with Crippen LogP contribution in [0, 0.1) is 6.92 Å². The Kier molecular flexibility index (Phi) is 6.38. The van der Waals surface area contributed by atoms with Crippen molar-refractivity contribution in [1.82, 2.24) is 5.32 Å². The zero-order chi connectivity index (χ0) is 14.3. The molecule has 0 saturated carbocycles. The van der Waals surface area contributed by atoms with Crippen LogP contribution in [-0.2, 0) is 9.53 Å². The Morgan fingerprint density at radius 3 is 2.47 bits per heavy atom. The number of esters is 1. The lowest BCUT2D eigenvalue weighted by molar-refractivity contribution is -0.149. The number of likely N-dealkylation sites (N-methyl/N-ethyl adjacent to an activating group) is 1.